The lowest BCUT2D eigenvalue weighted by Crippen LogP contribution is -2.46. The molecule has 1 aliphatic heterocycles. The number of carbonyl (C=O) groups excluding carboxylic acids is 1. The molecule has 0 unspecified atom stereocenters. The molecule has 2 N–H and O–H groups in total. The number of Topliss-reactive ketones (excluding diaryl/α,β-unsaturated/α-hetero) is 1. The van der Waals surface area contributed by atoms with E-state index in [2.05, 4.69) is 10.3 Å². The normalized spacial score (nSPS) is 21.5. The first kappa shape index (κ1) is 15.8. The Balaban J connectivity index is 1.77. The van der Waals surface area contributed by atoms with Crippen LogP contribution in [0.2, 0.25) is 0 Å². The first-order chi connectivity index (χ1) is 11.0. The van der Waals surface area contributed by atoms with E-state index in [9.17, 15) is 19.1 Å². The van der Waals surface area contributed by atoms with Gasteiger partial charge in [-0.2, -0.15) is 0 Å². The van der Waals surface area contributed by atoms with Crippen LogP contribution >= 0.6 is 0 Å². The molecule has 0 aliphatic carbocycles. The van der Waals surface area contributed by atoms with Crippen molar-refractivity contribution in [3.63, 3.8) is 0 Å². The standard InChI is InChI=1S/C16H18FN3O3/c17-10-3-4-13-12(6-10)16(23)20(9-19-13)8-11(21)7-14-15(22)2-1-5-18-14/h3-4,6,9,14-15,18,22H,1-2,5,7-8H2/t14-,15+/m1/s1. The van der Waals surface area contributed by atoms with Crippen molar-refractivity contribution in [3.8, 4) is 0 Å². The Bertz CT molecular complexity index is 790. The van der Waals surface area contributed by atoms with Crippen LogP contribution in [0.3, 0.4) is 0 Å². The molecule has 2 aromatic rings. The maximum Gasteiger partial charge on any atom is 0.261 e. The minimum atomic E-state index is -0.548. The smallest absolute Gasteiger partial charge is 0.261 e. The summed E-state index contributed by atoms with van der Waals surface area (Å²) in [6.07, 6.45) is 2.45. The molecule has 3 rings (SSSR count). The van der Waals surface area contributed by atoms with Crippen molar-refractivity contribution in [2.24, 2.45) is 0 Å². The van der Waals surface area contributed by atoms with E-state index in [1.807, 2.05) is 0 Å². The second kappa shape index (κ2) is 6.55. The Hall–Kier alpha value is -2.12. The molecule has 0 amide bonds. The monoisotopic (exact) mass is 319 g/mol. The van der Waals surface area contributed by atoms with Crippen LogP contribution in [0, 0.1) is 5.82 Å². The fraction of sp³-hybridized carbons (Fsp3) is 0.438. The summed E-state index contributed by atoms with van der Waals surface area (Å²) in [6.45, 7) is 0.634. The third-order valence-electron chi connectivity index (χ3n) is 4.13. The third kappa shape index (κ3) is 3.46. The summed E-state index contributed by atoms with van der Waals surface area (Å²) in [6, 6.07) is 3.51. The summed E-state index contributed by atoms with van der Waals surface area (Å²) in [5.74, 6) is -0.696. The zero-order chi connectivity index (χ0) is 16.4. The van der Waals surface area contributed by atoms with Gasteiger partial charge in [0, 0.05) is 12.5 Å². The molecule has 0 radical (unpaired) electrons. The minimum absolute atomic E-state index is 0.136. The first-order valence-electron chi connectivity index (χ1n) is 7.62. The number of aliphatic hydroxyl groups is 1. The quantitative estimate of drug-likeness (QED) is 0.862. The largest absolute Gasteiger partial charge is 0.391 e. The average molecular weight is 319 g/mol. The van der Waals surface area contributed by atoms with Gasteiger partial charge in [0.15, 0.2) is 5.78 Å². The van der Waals surface area contributed by atoms with Crippen molar-refractivity contribution < 1.29 is 14.3 Å². The van der Waals surface area contributed by atoms with Crippen LogP contribution in [-0.4, -0.2) is 39.1 Å². The molecule has 0 saturated carbocycles. The maximum atomic E-state index is 13.3. The summed E-state index contributed by atoms with van der Waals surface area (Å²) in [5.41, 5.74) is -0.0514. The van der Waals surface area contributed by atoms with E-state index >= 15 is 0 Å². The second-order valence-corrected chi connectivity index (χ2v) is 5.85. The van der Waals surface area contributed by atoms with E-state index in [1.54, 1.807) is 0 Å². The number of nitrogens with zero attached hydrogens (tertiary/aromatic N) is 2. The number of benzene rings is 1. The summed E-state index contributed by atoms with van der Waals surface area (Å²) in [5, 5.41) is 13.1. The van der Waals surface area contributed by atoms with Crippen molar-refractivity contribution in [1.82, 2.24) is 14.9 Å². The number of aliphatic hydroxyl groups excluding tert-OH is 1. The van der Waals surface area contributed by atoms with Crippen LogP contribution in [0.5, 0.6) is 0 Å². The van der Waals surface area contributed by atoms with Gasteiger partial charge < -0.3 is 10.4 Å². The van der Waals surface area contributed by atoms with Crippen molar-refractivity contribution in [2.45, 2.75) is 38.0 Å². The van der Waals surface area contributed by atoms with Gasteiger partial charge in [0.1, 0.15) is 5.82 Å². The van der Waals surface area contributed by atoms with Crippen LogP contribution in [0.4, 0.5) is 4.39 Å². The topological polar surface area (TPSA) is 84.2 Å². The number of rotatable bonds is 4. The van der Waals surface area contributed by atoms with E-state index in [4.69, 9.17) is 0 Å². The third-order valence-corrected chi connectivity index (χ3v) is 4.13. The molecule has 1 aromatic carbocycles. The van der Waals surface area contributed by atoms with Gasteiger partial charge in [-0.25, -0.2) is 9.37 Å². The first-order valence-corrected chi connectivity index (χ1v) is 7.62. The van der Waals surface area contributed by atoms with Crippen molar-refractivity contribution in [2.75, 3.05) is 6.54 Å². The highest BCUT2D eigenvalue weighted by atomic mass is 19.1. The van der Waals surface area contributed by atoms with Gasteiger partial charge in [-0.3, -0.25) is 14.2 Å². The Morgan fingerprint density at radius 3 is 3.09 bits per heavy atom. The van der Waals surface area contributed by atoms with Crippen LogP contribution in [0.25, 0.3) is 10.9 Å². The fourth-order valence-electron chi connectivity index (χ4n) is 2.89. The van der Waals surface area contributed by atoms with E-state index in [-0.39, 0.29) is 30.2 Å². The van der Waals surface area contributed by atoms with Gasteiger partial charge in [0.2, 0.25) is 0 Å². The Kier molecular flexibility index (Phi) is 4.49. The molecular formula is C16H18FN3O3. The van der Waals surface area contributed by atoms with Crippen LogP contribution in [-0.2, 0) is 11.3 Å². The zero-order valence-corrected chi connectivity index (χ0v) is 12.5. The molecule has 23 heavy (non-hydrogen) atoms. The number of piperidine rings is 1. The maximum absolute atomic E-state index is 13.3. The number of hydrogen-bond donors (Lipinski definition) is 2. The lowest BCUT2D eigenvalue weighted by molar-refractivity contribution is -0.121. The van der Waals surface area contributed by atoms with E-state index in [0.29, 0.717) is 11.9 Å². The number of halogens is 1. The van der Waals surface area contributed by atoms with Gasteiger partial charge >= 0.3 is 0 Å². The average Bonchev–Trinajstić information content (AvgIpc) is 2.53. The lowest BCUT2D eigenvalue weighted by Gasteiger charge is -2.28. The van der Waals surface area contributed by atoms with Crippen molar-refractivity contribution in [1.29, 1.82) is 0 Å². The molecule has 2 atom stereocenters. The number of hydrogen-bond acceptors (Lipinski definition) is 5. The highest BCUT2D eigenvalue weighted by Gasteiger charge is 2.25. The van der Waals surface area contributed by atoms with E-state index in [1.165, 1.54) is 23.0 Å². The Labute approximate surface area is 132 Å². The number of ketones is 1. The highest BCUT2D eigenvalue weighted by molar-refractivity contribution is 5.80. The van der Waals surface area contributed by atoms with Crippen LogP contribution in [0.15, 0.2) is 29.3 Å². The van der Waals surface area contributed by atoms with Crippen LogP contribution in [0.1, 0.15) is 19.3 Å². The molecular weight excluding hydrogens is 301 g/mol. The lowest BCUT2D eigenvalue weighted by atomic mass is 9.97. The Morgan fingerprint density at radius 1 is 1.48 bits per heavy atom. The molecule has 1 aliphatic rings. The zero-order valence-electron chi connectivity index (χ0n) is 12.5. The molecule has 2 heterocycles. The highest BCUT2D eigenvalue weighted by Crippen LogP contribution is 2.12. The van der Waals surface area contributed by atoms with Crippen molar-refractivity contribution in [3.05, 3.63) is 40.7 Å². The van der Waals surface area contributed by atoms with Crippen molar-refractivity contribution >= 4 is 16.7 Å². The van der Waals surface area contributed by atoms with E-state index < -0.39 is 17.5 Å². The fourth-order valence-corrected chi connectivity index (χ4v) is 2.89. The van der Waals surface area contributed by atoms with Gasteiger partial charge in [0.05, 0.1) is 29.9 Å². The summed E-state index contributed by atoms with van der Waals surface area (Å²) >= 11 is 0. The van der Waals surface area contributed by atoms with Gasteiger partial charge in [-0.1, -0.05) is 0 Å². The molecule has 6 nitrogen and oxygen atoms in total. The molecule has 0 spiro atoms. The number of fused-ring (bicyclic) bond motifs is 1. The Morgan fingerprint density at radius 2 is 2.30 bits per heavy atom. The predicted molar refractivity (Wildman–Crippen MR) is 82.6 cm³/mol. The predicted octanol–water partition coefficient (Wildman–Crippen LogP) is 0.608. The van der Waals surface area contributed by atoms with Gasteiger partial charge in [0.25, 0.3) is 5.56 Å². The van der Waals surface area contributed by atoms with Crippen LogP contribution < -0.4 is 10.9 Å². The molecule has 0 bridgehead atoms. The summed E-state index contributed by atoms with van der Waals surface area (Å²) in [4.78, 5) is 28.6. The number of nitrogens with one attached hydrogen (secondary N) is 1. The molecule has 1 aromatic heterocycles. The summed E-state index contributed by atoms with van der Waals surface area (Å²) < 4.78 is 14.5. The molecule has 1 fully saturated rings. The summed E-state index contributed by atoms with van der Waals surface area (Å²) in [7, 11) is 0. The number of carbonyl (C=O) groups is 1. The molecule has 122 valence electrons. The SMILES string of the molecule is O=C(C[C@H]1NCCC[C@@H]1O)Cn1cnc2ccc(F)cc2c1=O. The second-order valence-electron chi connectivity index (χ2n) is 5.85. The molecule has 1 saturated heterocycles. The van der Waals surface area contributed by atoms with Gasteiger partial charge in [-0.05, 0) is 37.6 Å². The van der Waals surface area contributed by atoms with Gasteiger partial charge in [-0.15, -0.1) is 0 Å². The van der Waals surface area contributed by atoms with E-state index in [0.717, 1.165) is 19.0 Å². The number of aromatic nitrogens is 2. The minimum Gasteiger partial charge on any atom is -0.391 e. The molecule has 7 heteroatoms.